The van der Waals surface area contributed by atoms with Gasteiger partial charge in [0.2, 0.25) is 5.16 Å². The zero-order valence-electron chi connectivity index (χ0n) is 10.1. The van der Waals surface area contributed by atoms with Gasteiger partial charge in [-0.05, 0) is 29.0 Å². The normalized spacial score (nSPS) is 10.5. The molecule has 0 atom stereocenters. The molecule has 0 unspecified atom stereocenters. The number of aromatic nitrogens is 4. The van der Waals surface area contributed by atoms with Crippen molar-refractivity contribution < 1.29 is 4.79 Å². The molecule has 0 N–H and O–H groups in total. The number of carbonyl (C=O) groups excluding carboxylic acids is 1. The second-order valence-electron chi connectivity index (χ2n) is 3.79. The Morgan fingerprint density at radius 3 is 2.83 bits per heavy atom. The number of carbonyl (C=O) groups is 1. The monoisotopic (exact) mass is 262 g/mol. The third kappa shape index (κ3) is 3.16. The first-order valence-electron chi connectivity index (χ1n) is 5.79. The third-order valence-electron chi connectivity index (χ3n) is 2.33. The van der Waals surface area contributed by atoms with Crippen LogP contribution in [0.5, 0.6) is 0 Å². The Balaban J connectivity index is 2.07. The summed E-state index contributed by atoms with van der Waals surface area (Å²) in [5, 5.41) is 12.2. The van der Waals surface area contributed by atoms with E-state index in [1.54, 1.807) is 4.68 Å². The van der Waals surface area contributed by atoms with E-state index in [1.807, 2.05) is 37.3 Å². The van der Waals surface area contributed by atoms with E-state index < -0.39 is 0 Å². The number of hydrogen-bond acceptors (Lipinski definition) is 5. The zero-order valence-corrected chi connectivity index (χ0v) is 10.9. The van der Waals surface area contributed by atoms with Crippen molar-refractivity contribution in [1.82, 2.24) is 20.2 Å². The van der Waals surface area contributed by atoms with Gasteiger partial charge in [0.25, 0.3) is 0 Å². The van der Waals surface area contributed by atoms with Gasteiger partial charge >= 0.3 is 0 Å². The minimum atomic E-state index is 0.227. The average molecular weight is 262 g/mol. The Kier molecular flexibility index (Phi) is 4.46. The number of benzene rings is 1. The number of nitrogens with zero attached hydrogens (tertiary/aromatic N) is 4. The topological polar surface area (TPSA) is 60.7 Å². The smallest absolute Gasteiger partial charge is 0.214 e. The number of ketones is 1. The van der Waals surface area contributed by atoms with Crippen LogP contribution in [-0.2, 0) is 4.79 Å². The molecule has 1 heterocycles. The summed E-state index contributed by atoms with van der Waals surface area (Å²) in [6.07, 6.45) is 1.49. The molecule has 0 aliphatic heterocycles. The Labute approximate surface area is 110 Å². The van der Waals surface area contributed by atoms with Crippen LogP contribution in [0.15, 0.2) is 35.5 Å². The molecular weight excluding hydrogens is 248 g/mol. The lowest BCUT2D eigenvalue weighted by Crippen LogP contribution is -2.03. The van der Waals surface area contributed by atoms with Crippen LogP contribution in [0, 0.1) is 0 Å². The number of para-hydroxylation sites is 1. The van der Waals surface area contributed by atoms with Gasteiger partial charge in [-0.15, -0.1) is 5.10 Å². The molecule has 0 fully saturated rings. The van der Waals surface area contributed by atoms with Crippen molar-refractivity contribution in [3.05, 3.63) is 30.3 Å². The van der Waals surface area contributed by atoms with E-state index in [-0.39, 0.29) is 5.78 Å². The molecule has 0 spiro atoms. The van der Waals surface area contributed by atoms with Crippen molar-refractivity contribution in [2.75, 3.05) is 5.75 Å². The van der Waals surface area contributed by atoms with Crippen molar-refractivity contribution in [2.45, 2.75) is 24.9 Å². The summed E-state index contributed by atoms with van der Waals surface area (Å²) < 4.78 is 1.64. The van der Waals surface area contributed by atoms with Gasteiger partial charge in [0, 0.05) is 6.42 Å². The van der Waals surface area contributed by atoms with Crippen LogP contribution >= 0.6 is 11.8 Å². The number of Topliss-reactive ketones (excluding diaryl/α,β-unsaturated/α-hetero) is 1. The summed E-state index contributed by atoms with van der Waals surface area (Å²) in [4.78, 5) is 11.5. The molecule has 5 nitrogen and oxygen atoms in total. The predicted octanol–water partition coefficient (Wildman–Crippen LogP) is 2.12. The Bertz CT molecular complexity index is 512. The molecule has 0 radical (unpaired) electrons. The molecule has 1 aromatic carbocycles. The van der Waals surface area contributed by atoms with Gasteiger partial charge in [-0.25, -0.2) is 0 Å². The number of tetrazole rings is 1. The number of rotatable bonds is 6. The summed E-state index contributed by atoms with van der Waals surface area (Å²) in [5.41, 5.74) is 0.896. The van der Waals surface area contributed by atoms with E-state index in [1.165, 1.54) is 11.8 Å². The first kappa shape index (κ1) is 12.8. The highest BCUT2D eigenvalue weighted by Gasteiger charge is 2.10. The highest BCUT2D eigenvalue weighted by atomic mass is 32.2. The highest BCUT2D eigenvalue weighted by molar-refractivity contribution is 7.99. The Morgan fingerprint density at radius 1 is 1.33 bits per heavy atom. The number of thioether (sulfide) groups is 1. The van der Waals surface area contributed by atoms with Crippen LogP contribution < -0.4 is 0 Å². The molecule has 0 aliphatic rings. The summed E-state index contributed by atoms with van der Waals surface area (Å²) in [6, 6.07) is 9.63. The van der Waals surface area contributed by atoms with Crippen molar-refractivity contribution >= 4 is 17.5 Å². The second-order valence-corrected chi connectivity index (χ2v) is 4.73. The average Bonchev–Trinajstić information content (AvgIpc) is 2.86. The molecule has 94 valence electrons. The van der Waals surface area contributed by atoms with Crippen LogP contribution in [0.3, 0.4) is 0 Å². The van der Waals surface area contributed by atoms with Gasteiger partial charge in [0.1, 0.15) is 5.78 Å². The van der Waals surface area contributed by atoms with E-state index in [0.29, 0.717) is 17.3 Å². The van der Waals surface area contributed by atoms with E-state index in [9.17, 15) is 4.79 Å². The SMILES string of the molecule is CCCC(=O)CSc1nnnn1-c1ccccc1. The zero-order chi connectivity index (χ0) is 12.8. The third-order valence-corrected chi connectivity index (χ3v) is 3.31. The number of hydrogen-bond donors (Lipinski definition) is 0. The molecule has 1 aromatic heterocycles. The van der Waals surface area contributed by atoms with E-state index >= 15 is 0 Å². The molecular formula is C12H14N4OS. The molecule has 0 saturated heterocycles. The molecule has 18 heavy (non-hydrogen) atoms. The van der Waals surface area contributed by atoms with E-state index in [0.717, 1.165) is 12.1 Å². The Hall–Kier alpha value is -1.69. The minimum absolute atomic E-state index is 0.227. The fraction of sp³-hybridized carbons (Fsp3) is 0.333. The molecule has 2 rings (SSSR count). The first-order chi connectivity index (χ1) is 8.81. The second kappa shape index (κ2) is 6.30. The van der Waals surface area contributed by atoms with Crippen molar-refractivity contribution in [3.63, 3.8) is 0 Å². The minimum Gasteiger partial charge on any atom is -0.299 e. The fourth-order valence-corrected chi connectivity index (χ4v) is 2.29. The van der Waals surface area contributed by atoms with Crippen LogP contribution in [-0.4, -0.2) is 31.7 Å². The van der Waals surface area contributed by atoms with Crippen LogP contribution in [0.1, 0.15) is 19.8 Å². The molecule has 0 amide bonds. The molecule has 0 aliphatic carbocycles. The highest BCUT2D eigenvalue weighted by Crippen LogP contribution is 2.18. The summed E-state index contributed by atoms with van der Waals surface area (Å²) in [7, 11) is 0. The quantitative estimate of drug-likeness (QED) is 0.746. The van der Waals surface area contributed by atoms with Crippen LogP contribution in [0.2, 0.25) is 0 Å². The Morgan fingerprint density at radius 2 is 2.11 bits per heavy atom. The lowest BCUT2D eigenvalue weighted by Gasteiger charge is -2.03. The summed E-state index contributed by atoms with van der Waals surface area (Å²) in [5.74, 6) is 0.645. The largest absolute Gasteiger partial charge is 0.299 e. The maximum atomic E-state index is 11.5. The maximum Gasteiger partial charge on any atom is 0.214 e. The maximum absolute atomic E-state index is 11.5. The van der Waals surface area contributed by atoms with Gasteiger partial charge in [0.05, 0.1) is 11.4 Å². The van der Waals surface area contributed by atoms with E-state index in [4.69, 9.17) is 0 Å². The fourth-order valence-electron chi connectivity index (χ4n) is 1.50. The van der Waals surface area contributed by atoms with Gasteiger partial charge in [-0.2, -0.15) is 4.68 Å². The lowest BCUT2D eigenvalue weighted by atomic mass is 10.3. The predicted molar refractivity (Wildman–Crippen MR) is 69.8 cm³/mol. The van der Waals surface area contributed by atoms with Gasteiger partial charge in [-0.1, -0.05) is 36.9 Å². The van der Waals surface area contributed by atoms with Gasteiger partial charge in [0.15, 0.2) is 0 Å². The van der Waals surface area contributed by atoms with E-state index in [2.05, 4.69) is 15.5 Å². The molecule has 6 heteroatoms. The molecule has 0 bridgehead atoms. The van der Waals surface area contributed by atoms with Crippen molar-refractivity contribution in [1.29, 1.82) is 0 Å². The van der Waals surface area contributed by atoms with Crippen LogP contribution in [0.25, 0.3) is 5.69 Å². The van der Waals surface area contributed by atoms with Gasteiger partial charge < -0.3 is 0 Å². The van der Waals surface area contributed by atoms with Crippen molar-refractivity contribution in [3.8, 4) is 5.69 Å². The summed E-state index contributed by atoms with van der Waals surface area (Å²) in [6.45, 7) is 2.00. The lowest BCUT2D eigenvalue weighted by molar-refractivity contribution is -0.116. The van der Waals surface area contributed by atoms with Crippen molar-refractivity contribution in [2.24, 2.45) is 0 Å². The van der Waals surface area contributed by atoms with Gasteiger partial charge in [-0.3, -0.25) is 4.79 Å². The first-order valence-corrected chi connectivity index (χ1v) is 6.78. The molecule has 2 aromatic rings. The van der Waals surface area contributed by atoms with Crippen LogP contribution in [0.4, 0.5) is 0 Å². The summed E-state index contributed by atoms with van der Waals surface area (Å²) >= 11 is 1.37. The molecule has 0 saturated carbocycles. The standard InChI is InChI=1S/C12H14N4OS/c1-2-6-11(17)9-18-12-13-14-15-16(12)10-7-4-3-5-8-10/h3-5,7-8H,2,6,9H2,1H3.